The first-order valence-electron chi connectivity index (χ1n) is 10.9. The smallest absolute Gasteiger partial charge is 0.410 e. The van der Waals surface area contributed by atoms with Crippen LogP contribution in [0, 0.1) is 0 Å². The number of amides is 2. The Labute approximate surface area is 184 Å². The molecule has 8 nitrogen and oxygen atoms in total. The number of rotatable bonds is 7. The summed E-state index contributed by atoms with van der Waals surface area (Å²) < 4.78 is 5.54. The number of nitrogens with one attached hydrogen (secondary N) is 3. The lowest BCUT2D eigenvalue weighted by Crippen LogP contribution is -2.62. The van der Waals surface area contributed by atoms with E-state index in [-0.39, 0.29) is 29.9 Å². The van der Waals surface area contributed by atoms with Crippen LogP contribution < -0.4 is 10.6 Å². The summed E-state index contributed by atoms with van der Waals surface area (Å²) in [6.07, 6.45) is 2.90. The first-order chi connectivity index (χ1) is 14.1. The molecule has 1 saturated heterocycles. The lowest BCUT2D eigenvalue weighted by molar-refractivity contribution is 0.0156. The van der Waals surface area contributed by atoms with E-state index in [2.05, 4.69) is 34.4 Å². The highest BCUT2D eigenvalue weighted by atomic mass is 35.5. The number of aryl methyl sites for hydroxylation is 1. The van der Waals surface area contributed by atoms with Crippen molar-refractivity contribution in [2.75, 3.05) is 13.1 Å². The minimum atomic E-state index is -0.546. The lowest BCUT2D eigenvalue weighted by Gasteiger charge is -2.41. The molecule has 9 heteroatoms. The fourth-order valence-corrected chi connectivity index (χ4v) is 3.85. The van der Waals surface area contributed by atoms with Crippen LogP contribution in [0.4, 0.5) is 4.79 Å². The molecule has 0 aromatic carbocycles. The molecule has 0 unspecified atom stereocenters. The van der Waals surface area contributed by atoms with E-state index in [4.69, 9.17) is 16.3 Å². The van der Waals surface area contributed by atoms with Crippen molar-refractivity contribution in [1.82, 2.24) is 25.5 Å². The van der Waals surface area contributed by atoms with Gasteiger partial charge in [0.1, 0.15) is 5.60 Å². The quantitative estimate of drug-likeness (QED) is 0.601. The van der Waals surface area contributed by atoms with Crippen molar-refractivity contribution in [2.24, 2.45) is 0 Å². The second-order valence-electron chi connectivity index (χ2n) is 8.79. The maximum Gasteiger partial charge on any atom is 0.410 e. The number of imidazole rings is 1. The van der Waals surface area contributed by atoms with Crippen molar-refractivity contribution >= 4 is 23.6 Å². The van der Waals surface area contributed by atoms with Crippen LogP contribution >= 0.6 is 11.6 Å². The van der Waals surface area contributed by atoms with Gasteiger partial charge in [0.25, 0.3) is 5.91 Å². The zero-order chi connectivity index (χ0) is 22.5. The molecule has 3 N–H and O–H groups in total. The van der Waals surface area contributed by atoms with E-state index in [0.29, 0.717) is 37.1 Å². The van der Waals surface area contributed by atoms with Gasteiger partial charge in [-0.05, 0) is 46.5 Å². The Bertz CT molecular complexity index is 727. The molecule has 0 saturated carbocycles. The van der Waals surface area contributed by atoms with Gasteiger partial charge >= 0.3 is 6.09 Å². The van der Waals surface area contributed by atoms with Crippen LogP contribution in [0.2, 0.25) is 5.15 Å². The van der Waals surface area contributed by atoms with Crippen LogP contribution in [-0.4, -0.2) is 63.7 Å². The molecule has 1 aromatic rings. The number of likely N-dealkylation sites (tertiary alicyclic amines) is 1. The Morgan fingerprint density at radius 2 is 1.93 bits per heavy atom. The van der Waals surface area contributed by atoms with Crippen LogP contribution in [0.25, 0.3) is 0 Å². The van der Waals surface area contributed by atoms with E-state index in [1.54, 1.807) is 4.90 Å². The Hall–Kier alpha value is -1.80. The van der Waals surface area contributed by atoms with Gasteiger partial charge in [-0.1, -0.05) is 32.4 Å². The van der Waals surface area contributed by atoms with Crippen molar-refractivity contribution in [3.63, 3.8) is 0 Å². The SMILES string of the molecule is CCc1[nH]c(C(=O)N[C@H]2CCN(C(=O)OC(C)(C)C)C[C@@H]2NC(CC)CC)nc1Cl. The number of piperidine rings is 1. The number of carbonyl (C=O) groups excluding carboxylic acids is 2. The van der Waals surface area contributed by atoms with E-state index in [1.807, 2.05) is 27.7 Å². The average Bonchev–Trinajstić information content (AvgIpc) is 3.06. The van der Waals surface area contributed by atoms with Crippen molar-refractivity contribution in [3.05, 3.63) is 16.7 Å². The van der Waals surface area contributed by atoms with Crippen molar-refractivity contribution in [2.45, 2.75) is 91.0 Å². The number of nitrogens with zero attached hydrogens (tertiary/aromatic N) is 2. The highest BCUT2D eigenvalue weighted by Crippen LogP contribution is 2.18. The topological polar surface area (TPSA) is 99.4 Å². The molecule has 2 heterocycles. The van der Waals surface area contributed by atoms with Crippen LogP contribution in [0.5, 0.6) is 0 Å². The van der Waals surface area contributed by atoms with E-state index < -0.39 is 5.60 Å². The number of halogens is 1. The van der Waals surface area contributed by atoms with Gasteiger partial charge in [-0.2, -0.15) is 0 Å². The summed E-state index contributed by atoms with van der Waals surface area (Å²) in [5.41, 5.74) is 0.198. The average molecular weight is 442 g/mol. The van der Waals surface area contributed by atoms with Crippen LogP contribution in [-0.2, 0) is 11.2 Å². The summed E-state index contributed by atoms with van der Waals surface area (Å²) in [5, 5.41) is 7.02. The molecule has 2 rings (SSSR count). The van der Waals surface area contributed by atoms with E-state index in [0.717, 1.165) is 18.5 Å². The molecule has 0 bridgehead atoms. The number of carbonyl (C=O) groups is 2. The summed E-state index contributed by atoms with van der Waals surface area (Å²) in [6.45, 7) is 12.8. The second kappa shape index (κ2) is 10.5. The Morgan fingerprint density at radius 1 is 1.27 bits per heavy atom. The second-order valence-corrected chi connectivity index (χ2v) is 9.15. The van der Waals surface area contributed by atoms with Crippen LogP contribution in [0.15, 0.2) is 0 Å². The first-order valence-corrected chi connectivity index (χ1v) is 11.2. The number of ether oxygens (including phenoxy) is 1. The molecule has 2 amide bonds. The van der Waals surface area contributed by atoms with Gasteiger partial charge in [-0.15, -0.1) is 0 Å². The third-order valence-corrected chi connectivity index (χ3v) is 5.63. The Morgan fingerprint density at radius 3 is 2.47 bits per heavy atom. The predicted octanol–water partition coefficient (Wildman–Crippen LogP) is 3.51. The van der Waals surface area contributed by atoms with E-state index >= 15 is 0 Å². The number of hydrogen-bond acceptors (Lipinski definition) is 5. The molecule has 1 aliphatic heterocycles. The van der Waals surface area contributed by atoms with Crippen molar-refractivity contribution in [1.29, 1.82) is 0 Å². The highest BCUT2D eigenvalue weighted by Gasteiger charge is 2.35. The van der Waals surface area contributed by atoms with Crippen LogP contribution in [0.3, 0.4) is 0 Å². The van der Waals surface area contributed by atoms with Gasteiger partial charge in [0.2, 0.25) is 0 Å². The molecule has 0 radical (unpaired) electrons. The fraction of sp³-hybridized carbons (Fsp3) is 0.762. The molecule has 1 aliphatic rings. The lowest BCUT2D eigenvalue weighted by atomic mass is 9.97. The normalized spacial score (nSPS) is 19.8. The number of aromatic nitrogens is 2. The fourth-order valence-electron chi connectivity index (χ4n) is 3.58. The molecule has 30 heavy (non-hydrogen) atoms. The van der Waals surface area contributed by atoms with Crippen LogP contribution in [0.1, 0.15) is 77.1 Å². The monoisotopic (exact) mass is 441 g/mol. The third kappa shape index (κ3) is 6.60. The zero-order valence-corrected chi connectivity index (χ0v) is 19.7. The maximum atomic E-state index is 12.8. The summed E-state index contributed by atoms with van der Waals surface area (Å²) >= 11 is 6.08. The maximum absolute atomic E-state index is 12.8. The van der Waals surface area contributed by atoms with Gasteiger partial charge in [-0.3, -0.25) is 4.79 Å². The number of H-pyrrole nitrogens is 1. The van der Waals surface area contributed by atoms with Gasteiger partial charge < -0.3 is 25.3 Å². The zero-order valence-electron chi connectivity index (χ0n) is 19.0. The van der Waals surface area contributed by atoms with Gasteiger partial charge in [0.15, 0.2) is 11.0 Å². The van der Waals surface area contributed by atoms with E-state index in [9.17, 15) is 9.59 Å². The summed E-state index contributed by atoms with van der Waals surface area (Å²) in [4.78, 5) is 34.2. The first kappa shape index (κ1) is 24.5. The molecule has 0 aliphatic carbocycles. The molecule has 0 spiro atoms. The van der Waals surface area contributed by atoms with E-state index in [1.165, 1.54) is 0 Å². The third-order valence-electron chi connectivity index (χ3n) is 5.31. The standard InChI is InChI=1S/C21H36ClN5O3/c1-7-13(8-2)23-16-12-27(20(29)30-21(4,5)6)11-10-15(16)25-19(28)18-24-14(9-3)17(22)26-18/h13,15-16,23H,7-12H2,1-6H3,(H,24,26)(H,25,28)/t15-,16-/m0/s1. The molecule has 1 fully saturated rings. The van der Waals surface area contributed by atoms with Crippen molar-refractivity contribution in [3.8, 4) is 0 Å². The number of hydrogen-bond donors (Lipinski definition) is 3. The minimum absolute atomic E-state index is 0.0869. The molecule has 2 atom stereocenters. The molecular formula is C21H36ClN5O3. The van der Waals surface area contributed by atoms with Crippen molar-refractivity contribution < 1.29 is 14.3 Å². The Balaban J connectivity index is 2.12. The van der Waals surface area contributed by atoms with Gasteiger partial charge in [-0.25, -0.2) is 9.78 Å². The molecule has 1 aromatic heterocycles. The summed E-state index contributed by atoms with van der Waals surface area (Å²) in [6, 6.07) is 0.0830. The summed E-state index contributed by atoms with van der Waals surface area (Å²) in [5.74, 6) is -0.0728. The highest BCUT2D eigenvalue weighted by molar-refractivity contribution is 6.30. The number of aromatic amines is 1. The Kier molecular flexibility index (Phi) is 8.55. The molecular weight excluding hydrogens is 406 g/mol. The molecule has 170 valence electrons. The predicted molar refractivity (Wildman–Crippen MR) is 118 cm³/mol. The van der Waals surface area contributed by atoms with Gasteiger partial charge in [0.05, 0.1) is 5.69 Å². The van der Waals surface area contributed by atoms with Gasteiger partial charge in [0, 0.05) is 31.2 Å². The largest absolute Gasteiger partial charge is 0.444 e. The minimum Gasteiger partial charge on any atom is -0.444 e. The summed E-state index contributed by atoms with van der Waals surface area (Å²) in [7, 11) is 0.